The molecule has 0 aliphatic carbocycles. The first kappa shape index (κ1) is 20.1. The van der Waals surface area contributed by atoms with E-state index in [1.165, 1.54) is 4.68 Å². The molecule has 0 aliphatic rings. The van der Waals surface area contributed by atoms with Gasteiger partial charge >= 0.3 is 6.18 Å². The zero-order chi connectivity index (χ0) is 20.4. The van der Waals surface area contributed by atoms with Crippen LogP contribution in [-0.2, 0) is 26.9 Å². The number of hydrogen-bond donors (Lipinski definition) is 0. The first-order valence-corrected chi connectivity index (χ1v) is 10.1. The normalized spacial score (nSPS) is 12.3. The molecule has 0 N–H and O–H groups in total. The first-order chi connectivity index (χ1) is 13.1. The summed E-state index contributed by atoms with van der Waals surface area (Å²) in [5, 5.41) is 3.74. The van der Waals surface area contributed by atoms with Gasteiger partial charge in [0.15, 0.2) is 5.69 Å². The topological polar surface area (TPSA) is 61.2 Å². The molecule has 9 heteroatoms. The lowest BCUT2D eigenvalue weighted by Crippen LogP contribution is -2.08. The second-order valence-corrected chi connectivity index (χ2v) is 7.78. The quantitative estimate of drug-likeness (QED) is 0.575. The van der Waals surface area contributed by atoms with Crippen molar-refractivity contribution >= 4 is 10.1 Å². The number of hydrogen-bond acceptors (Lipinski definition) is 4. The molecule has 1 heterocycles. The maximum absolute atomic E-state index is 13.2. The van der Waals surface area contributed by atoms with Gasteiger partial charge in [-0.15, -0.1) is 0 Å². The van der Waals surface area contributed by atoms with Crippen molar-refractivity contribution in [1.82, 2.24) is 9.78 Å². The van der Waals surface area contributed by atoms with Crippen LogP contribution in [0.5, 0.6) is 0 Å². The monoisotopic (exact) mass is 410 g/mol. The number of rotatable bonds is 6. The molecular weight excluding hydrogens is 393 g/mol. The Morgan fingerprint density at radius 3 is 2.25 bits per heavy atom. The lowest BCUT2D eigenvalue weighted by Gasteiger charge is -2.09. The number of nitrogens with zero attached hydrogens (tertiary/aromatic N) is 2. The van der Waals surface area contributed by atoms with Crippen LogP contribution in [0, 0.1) is 0 Å². The molecule has 0 aliphatic heterocycles. The van der Waals surface area contributed by atoms with Crippen LogP contribution in [0.4, 0.5) is 13.2 Å². The lowest BCUT2D eigenvalue weighted by molar-refractivity contribution is -0.141. The Bertz CT molecular complexity index is 1040. The molecule has 0 saturated heterocycles. The number of aromatic nitrogens is 2. The van der Waals surface area contributed by atoms with Gasteiger partial charge in [0.25, 0.3) is 10.1 Å². The van der Waals surface area contributed by atoms with Crippen LogP contribution in [0.1, 0.15) is 11.3 Å². The van der Waals surface area contributed by atoms with Crippen LogP contribution < -0.4 is 0 Å². The molecule has 0 radical (unpaired) electrons. The number of alkyl halides is 3. The van der Waals surface area contributed by atoms with Gasteiger partial charge in [0, 0.05) is 5.56 Å². The van der Waals surface area contributed by atoms with E-state index in [0.717, 1.165) is 17.9 Å². The fraction of sp³-hybridized carbons (Fsp3) is 0.211. The Labute approximate surface area is 160 Å². The molecule has 0 saturated carbocycles. The van der Waals surface area contributed by atoms with Crippen molar-refractivity contribution < 1.29 is 25.8 Å². The van der Waals surface area contributed by atoms with Crippen LogP contribution in [0.15, 0.2) is 60.7 Å². The summed E-state index contributed by atoms with van der Waals surface area (Å²) in [5.41, 5.74) is 1.20. The van der Waals surface area contributed by atoms with Crippen molar-refractivity contribution in [2.24, 2.45) is 0 Å². The van der Waals surface area contributed by atoms with Gasteiger partial charge in [-0.2, -0.15) is 26.7 Å². The molecule has 3 aromatic rings. The third kappa shape index (κ3) is 4.99. The van der Waals surface area contributed by atoms with E-state index in [1.807, 2.05) is 0 Å². The van der Waals surface area contributed by atoms with E-state index >= 15 is 0 Å². The van der Waals surface area contributed by atoms with Gasteiger partial charge in [-0.3, -0.25) is 4.18 Å². The minimum absolute atomic E-state index is 0.00651. The summed E-state index contributed by atoms with van der Waals surface area (Å²) in [6, 6.07) is 16.4. The van der Waals surface area contributed by atoms with Gasteiger partial charge in [0.1, 0.15) is 0 Å². The molecule has 0 amide bonds. The molecule has 0 bridgehead atoms. The van der Waals surface area contributed by atoms with Gasteiger partial charge in [0.05, 0.1) is 24.2 Å². The van der Waals surface area contributed by atoms with Gasteiger partial charge in [-0.1, -0.05) is 42.5 Å². The molecule has 2 aromatic carbocycles. The van der Waals surface area contributed by atoms with Crippen LogP contribution in [0.2, 0.25) is 0 Å². The van der Waals surface area contributed by atoms with Gasteiger partial charge in [-0.25, -0.2) is 4.68 Å². The third-order valence-electron chi connectivity index (χ3n) is 3.94. The molecule has 1 aromatic heterocycles. The molecule has 0 unspecified atom stereocenters. The standard InChI is InChI=1S/C19H17F3N2O3S/c1-28(25,26)27-12-11-14-7-9-16(10-8-14)24-17(15-5-3-2-4-6-15)13-18(23-24)19(20,21)22/h2-10,13H,11-12H2,1H3. The second-order valence-electron chi connectivity index (χ2n) is 6.13. The minimum Gasteiger partial charge on any atom is -0.270 e. The highest BCUT2D eigenvalue weighted by Crippen LogP contribution is 2.33. The van der Waals surface area contributed by atoms with Crippen molar-refractivity contribution in [3.63, 3.8) is 0 Å². The van der Waals surface area contributed by atoms with Crippen molar-refractivity contribution in [2.75, 3.05) is 12.9 Å². The van der Waals surface area contributed by atoms with E-state index in [1.54, 1.807) is 54.6 Å². The molecule has 0 spiro atoms. The minimum atomic E-state index is -4.56. The molecule has 5 nitrogen and oxygen atoms in total. The Balaban J connectivity index is 1.91. The van der Waals surface area contributed by atoms with Crippen molar-refractivity contribution in [2.45, 2.75) is 12.6 Å². The second kappa shape index (κ2) is 7.76. The van der Waals surface area contributed by atoms with E-state index in [4.69, 9.17) is 4.18 Å². The van der Waals surface area contributed by atoms with Crippen LogP contribution in [0.25, 0.3) is 16.9 Å². The fourth-order valence-electron chi connectivity index (χ4n) is 2.65. The van der Waals surface area contributed by atoms with Crippen molar-refractivity contribution in [1.29, 1.82) is 0 Å². The smallest absolute Gasteiger partial charge is 0.270 e. The summed E-state index contributed by atoms with van der Waals surface area (Å²) in [4.78, 5) is 0. The van der Waals surface area contributed by atoms with Gasteiger partial charge < -0.3 is 0 Å². The average molecular weight is 410 g/mol. The van der Waals surface area contributed by atoms with E-state index in [9.17, 15) is 21.6 Å². The summed E-state index contributed by atoms with van der Waals surface area (Å²) in [5.74, 6) is 0. The Morgan fingerprint density at radius 2 is 1.68 bits per heavy atom. The predicted octanol–water partition coefficient (Wildman–Crippen LogP) is 4.08. The Kier molecular flexibility index (Phi) is 5.57. The maximum Gasteiger partial charge on any atom is 0.435 e. The molecular formula is C19H17F3N2O3S. The number of benzene rings is 2. The Morgan fingerprint density at radius 1 is 1.04 bits per heavy atom. The van der Waals surface area contributed by atoms with Gasteiger partial charge in [0.2, 0.25) is 0 Å². The van der Waals surface area contributed by atoms with E-state index in [2.05, 4.69) is 5.10 Å². The fourth-order valence-corrected chi connectivity index (χ4v) is 3.03. The van der Waals surface area contributed by atoms with Crippen molar-refractivity contribution in [3.8, 4) is 16.9 Å². The highest BCUT2D eigenvalue weighted by molar-refractivity contribution is 7.85. The van der Waals surface area contributed by atoms with Crippen molar-refractivity contribution in [3.05, 3.63) is 71.9 Å². The highest BCUT2D eigenvalue weighted by Gasteiger charge is 2.35. The van der Waals surface area contributed by atoms with E-state index < -0.39 is 22.0 Å². The SMILES string of the molecule is CS(=O)(=O)OCCc1ccc(-n2nc(C(F)(F)F)cc2-c2ccccc2)cc1. The van der Waals surface area contributed by atoms with Gasteiger partial charge in [-0.05, 0) is 30.2 Å². The third-order valence-corrected chi connectivity index (χ3v) is 4.53. The summed E-state index contributed by atoms with van der Waals surface area (Å²) >= 11 is 0. The van der Waals surface area contributed by atoms with E-state index in [0.29, 0.717) is 23.4 Å². The predicted molar refractivity (Wildman–Crippen MR) is 98.5 cm³/mol. The summed E-state index contributed by atoms with van der Waals surface area (Å²) in [7, 11) is -3.51. The molecule has 28 heavy (non-hydrogen) atoms. The zero-order valence-corrected chi connectivity index (χ0v) is 15.7. The summed E-state index contributed by atoms with van der Waals surface area (Å²) in [6.07, 6.45) is -3.24. The molecule has 0 fully saturated rings. The largest absolute Gasteiger partial charge is 0.435 e. The Hall–Kier alpha value is -2.65. The van der Waals surface area contributed by atoms with Crippen LogP contribution in [-0.4, -0.2) is 31.1 Å². The van der Waals surface area contributed by atoms with Crippen LogP contribution >= 0.6 is 0 Å². The zero-order valence-electron chi connectivity index (χ0n) is 14.8. The van der Waals surface area contributed by atoms with Crippen LogP contribution in [0.3, 0.4) is 0 Å². The molecule has 0 atom stereocenters. The maximum atomic E-state index is 13.2. The summed E-state index contributed by atoms with van der Waals surface area (Å²) in [6.45, 7) is -0.00651. The highest BCUT2D eigenvalue weighted by atomic mass is 32.2. The molecule has 3 rings (SSSR count). The number of halogens is 3. The van der Waals surface area contributed by atoms with E-state index in [-0.39, 0.29) is 6.61 Å². The summed E-state index contributed by atoms with van der Waals surface area (Å²) < 4.78 is 67.4. The molecule has 148 valence electrons. The average Bonchev–Trinajstić information content (AvgIpc) is 3.08. The lowest BCUT2D eigenvalue weighted by atomic mass is 10.1. The first-order valence-electron chi connectivity index (χ1n) is 8.30.